The van der Waals surface area contributed by atoms with E-state index in [4.69, 9.17) is 5.11 Å². The molecule has 1 heterocycles. The molecule has 0 fully saturated rings. The first-order valence-electron chi connectivity index (χ1n) is 5.80. The molecule has 1 N–H and O–H groups in total. The van der Waals surface area contributed by atoms with Gasteiger partial charge in [0.1, 0.15) is 5.82 Å². The average Bonchev–Trinajstić information content (AvgIpc) is 2.75. The van der Waals surface area contributed by atoms with Crippen LogP contribution < -0.4 is 4.90 Å². The first kappa shape index (κ1) is 11.1. The van der Waals surface area contributed by atoms with Crippen molar-refractivity contribution in [3.8, 4) is 0 Å². The highest BCUT2D eigenvalue weighted by Crippen LogP contribution is 2.23. The number of rotatable bonds is 5. The van der Waals surface area contributed by atoms with Crippen molar-refractivity contribution < 1.29 is 5.11 Å². The summed E-state index contributed by atoms with van der Waals surface area (Å²) in [5.41, 5.74) is 2.61. The molecule has 0 amide bonds. The van der Waals surface area contributed by atoms with Gasteiger partial charge in [0.15, 0.2) is 0 Å². The van der Waals surface area contributed by atoms with E-state index in [1.807, 2.05) is 17.0 Å². The number of aromatic nitrogens is 1. The molecule has 3 heteroatoms. The van der Waals surface area contributed by atoms with Crippen molar-refractivity contribution in [1.82, 2.24) is 4.98 Å². The van der Waals surface area contributed by atoms with Gasteiger partial charge in [-0.15, -0.1) is 6.58 Å². The van der Waals surface area contributed by atoms with Crippen LogP contribution in [0.2, 0.25) is 0 Å². The molecule has 0 saturated heterocycles. The minimum atomic E-state index is 0.145. The summed E-state index contributed by atoms with van der Waals surface area (Å²) >= 11 is 0. The summed E-state index contributed by atoms with van der Waals surface area (Å²) < 4.78 is 0. The highest BCUT2D eigenvalue weighted by atomic mass is 16.3. The van der Waals surface area contributed by atoms with Crippen LogP contribution in [0.4, 0.5) is 5.82 Å². The van der Waals surface area contributed by atoms with Gasteiger partial charge in [-0.2, -0.15) is 0 Å². The van der Waals surface area contributed by atoms with Crippen LogP contribution in [0.15, 0.2) is 24.8 Å². The number of aliphatic hydroxyl groups excluding tert-OH is 1. The van der Waals surface area contributed by atoms with Crippen molar-refractivity contribution in [3.05, 3.63) is 36.0 Å². The quantitative estimate of drug-likeness (QED) is 0.762. The van der Waals surface area contributed by atoms with Crippen LogP contribution in [0, 0.1) is 0 Å². The maximum atomic E-state index is 9.01. The van der Waals surface area contributed by atoms with E-state index in [0.717, 1.165) is 25.2 Å². The summed E-state index contributed by atoms with van der Waals surface area (Å²) in [6.07, 6.45) is 5.30. The molecule has 1 aromatic rings. The number of nitrogens with zero attached hydrogens (tertiary/aromatic N) is 2. The number of aliphatic hydroxyl groups is 1. The largest absolute Gasteiger partial charge is 0.395 e. The lowest BCUT2D eigenvalue weighted by Crippen LogP contribution is -2.27. The van der Waals surface area contributed by atoms with Crippen LogP contribution in [-0.2, 0) is 12.8 Å². The minimum Gasteiger partial charge on any atom is -0.395 e. The predicted molar refractivity (Wildman–Crippen MR) is 65.8 cm³/mol. The Labute approximate surface area is 96.4 Å². The monoisotopic (exact) mass is 218 g/mol. The van der Waals surface area contributed by atoms with Crippen LogP contribution >= 0.6 is 0 Å². The molecule has 0 aliphatic heterocycles. The van der Waals surface area contributed by atoms with Crippen molar-refractivity contribution in [2.45, 2.75) is 19.3 Å². The Morgan fingerprint density at radius 2 is 2.31 bits per heavy atom. The van der Waals surface area contributed by atoms with E-state index in [1.54, 1.807) is 0 Å². The zero-order valence-electron chi connectivity index (χ0n) is 9.52. The number of aryl methyl sites for hydroxylation is 2. The summed E-state index contributed by atoms with van der Waals surface area (Å²) in [5.74, 6) is 0.953. The molecule has 0 saturated carbocycles. The first-order chi connectivity index (χ1) is 7.85. The normalized spacial score (nSPS) is 13.6. The molecule has 0 atom stereocenters. The number of anilines is 1. The maximum absolute atomic E-state index is 9.01. The van der Waals surface area contributed by atoms with Crippen LogP contribution in [-0.4, -0.2) is 29.8 Å². The Hall–Kier alpha value is -1.35. The zero-order chi connectivity index (χ0) is 11.4. The lowest BCUT2D eigenvalue weighted by atomic mass is 10.2. The van der Waals surface area contributed by atoms with E-state index in [9.17, 15) is 0 Å². The van der Waals surface area contributed by atoms with Gasteiger partial charge < -0.3 is 10.0 Å². The van der Waals surface area contributed by atoms with Crippen LogP contribution in [0.1, 0.15) is 17.7 Å². The molecule has 0 radical (unpaired) electrons. The molecule has 2 rings (SSSR count). The first-order valence-corrected chi connectivity index (χ1v) is 5.80. The van der Waals surface area contributed by atoms with Gasteiger partial charge in [0.2, 0.25) is 0 Å². The summed E-state index contributed by atoms with van der Waals surface area (Å²) in [6.45, 7) is 5.21. The molecule has 0 aromatic carbocycles. The molecule has 1 aromatic heterocycles. The van der Waals surface area contributed by atoms with Gasteiger partial charge in [-0.05, 0) is 30.9 Å². The van der Waals surface area contributed by atoms with Crippen molar-refractivity contribution in [2.24, 2.45) is 0 Å². The van der Waals surface area contributed by atoms with Gasteiger partial charge >= 0.3 is 0 Å². The van der Waals surface area contributed by atoms with Gasteiger partial charge in [-0.25, -0.2) is 4.98 Å². The molecule has 3 nitrogen and oxygen atoms in total. The van der Waals surface area contributed by atoms with E-state index < -0.39 is 0 Å². The van der Waals surface area contributed by atoms with Gasteiger partial charge in [-0.1, -0.05) is 12.1 Å². The van der Waals surface area contributed by atoms with Gasteiger partial charge in [0.25, 0.3) is 0 Å². The predicted octanol–water partition coefficient (Wildman–Crippen LogP) is 1.55. The van der Waals surface area contributed by atoms with E-state index in [2.05, 4.69) is 17.6 Å². The fourth-order valence-corrected chi connectivity index (χ4v) is 2.16. The third kappa shape index (κ3) is 2.25. The standard InChI is InChI=1S/C13H18N2O/c1-2-8-15(9-10-16)13-7-6-11-4-3-5-12(11)14-13/h2,6-7,16H,1,3-5,8-10H2. The average molecular weight is 218 g/mol. The lowest BCUT2D eigenvalue weighted by molar-refractivity contribution is 0.302. The molecule has 1 aliphatic carbocycles. The fraction of sp³-hybridized carbons (Fsp3) is 0.462. The minimum absolute atomic E-state index is 0.145. The molecule has 0 spiro atoms. The Morgan fingerprint density at radius 1 is 1.44 bits per heavy atom. The van der Waals surface area contributed by atoms with Crippen LogP contribution in [0.3, 0.4) is 0 Å². The molecule has 86 valence electrons. The number of hydrogen-bond donors (Lipinski definition) is 1. The number of hydrogen-bond acceptors (Lipinski definition) is 3. The molecular weight excluding hydrogens is 200 g/mol. The second-order valence-electron chi connectivity index (χ2n) is 4.09. The van der Waals surface area contributed by atoms with E-state index >= 15 is 0 Å². The molecule has 16 heavy (non-hydrogen) atoms. The van der Waals surface area contributed by atoms with E-state index in [0.29, 0.717) is 6.54 Å². The summed E-state index contributed by atoms with van der Waals surface area (Å²) in [4.78, 5) is 6.71. The zero-order valence-corrected chi connectivity index (χ0v) is 9.52. The summed E-state index contributed by atoms with van der Waals surface area (Å²) in [6, 6.07) is 4.21. The Balaban J connectivity index is 2.20. The third-order valence-electron chi connectivity index (χ3n) is 2.96. The highest BCUT2D eigenvalue weighted by molar-refractivity contribution is 5.43. The Morgan fingerprint density at radius 3 is 3.06 bits per heavy atom. The van der Waals surface area contributed by atoms with Gasteiger partial charge in [0, 0.05) is 18.8 Å². The number of fused-ring (bicyclic) bond motifs is 1. The third-order valence-corrected chi connectivity index (χ3v) is 2.96. The Bertz CT molecular complexity index is 376. The molecule has 0 bridgehead atoms. The highest BCUT2D eigenvalue weighted by Gasteiger charge is 2.14. The van der Waals surface area contributed by atoms with E-state index in [1.165, 1.54) is 17.7 Å². The summed E-state index contributed by atoms with van der Waals surface area (Å²) in [5, 5.41) is 9.01. The van der Waals surface area contributed by atoms with Crippen LogP contribution in [0.25, 0.3) is 0 Å². The summed E-state index contributed by atoms with van der Waals surface area (Å²) in [7, 11) is 0. The van der Waals surface area contributed by atoms with E-state index in [-0.39, 0.29) is 6.61 Å². The second kappa shape index (κ2) is 5.12. The Kier molecular flexibility index (Phi) is 3.57. The number of pyridine rings is 1. The van der Waals surface area contributed by atoms with Crippen LogP contribution in [0.5, 0.6) is 0 Å². The van der Waals surface area contributed by atoms with Crippen molar-refractivity contribution >= 4 is 5.82 Å². The van der Waals surface area contributed by atoms with Gasteiger partial charge in [0.05, 0.1) is 6.61 Å². The second-order valence-corrected chi connectivity index (χ2v) is 4.09. The lowest BCUT2D eigenvalue weighted by Gasteiger charge is -2.21. The van der Waals surface area contributed by atoms with Crippen molar-refractivity contribution in [2.75, 3.05) is 24.6 Å². The molecule has 0 unspecified atom stereocenters. The molecular formula is C13H18N2O. The van der Waals surface area contributed by atoms with Gasteiger partial charge in [-0.3, -0.25) is 0 Å². The topological polar surface area (TPSA) is 36.4 Å². The van der Waals surface area contributed by atoms with Crippen molar-refractivity contribution in [3.63, 3.8) is 0 Å². The maximum Gasteiger partial charge on any atom is 0.129 e. The smallest absolute Gasteiger partial charge is 0.129 e. The van der Waals surface area contributed by atoms with Crippen molar-refractivity contribution in [1.29, 1.82) is 0 Å². The fourth-order valence-electron chi connectivity index (χ4n) is 2.16. The molecule has 1 aliphatic rings. The SMILES string of the molecule is C=CCN(CCO)c1ccc2c(n1)CCC2.